The molecule has 0 amide bonds. The van der Waals surface area contributed by atoms with Gasteiger partial charge in [0, 0.05) is 24.3 Å². The van der Waals surface area contributed by atoms with Crippen molar-refractivity contribution in [2.45, 2.75) is 503 Å². The molecule has 101 heavy (non-hydrogen) atoms. The van der Waals surface area contributed by atoms with E-state index in [1.807, 2.05) is 22.8 Å². The molecule has 0 N–H and O–H groups in total. The molecule has 2 atom stereocenters. The van der Waals surface area contributed by atoms with E-state index in [-0.39, 0.29) is 11.9 Å². The first-order valence-electron chi connectivity index (χ1n) is 45.5. The minimum absolute atomic E-state index is 0.0143. The molecule has 2 rings (SSSR count). The van der Waals surface area contributed by atoms with Crippen molar-refractivity contribution in [3.8, 4) is 0 Å². The number of ether oxygens (including phenoxy) is 2. The van der Waals surface area contributed by atoms with Crippen LogP contribution in [0.2, 0.25) is 0 Å². The van der Waals surface area contributed by atoms with Gasteiger partial charge in [-0.15, -0.1) is 0 Å². The Kier molecular flexibility index (Phi) is 73.1. The summed E-state index contributed by atoms with van der Waals surface area (Å²) in [4.78, 5) is 24.5. The second kappa shape index (κ2) is 75.7. The minimum atomic E-state index is -0.913. The number of hydrogen-bond acceptors (Lipinski definition) is 10. The molecule has 12 heteroatoms. The molecule has 0 heterocycles. The van der Waals surface area contributed by atoms with Gasteiger partial charge in [0.2, 0.25) is 15.2 Å². The average Bonchev–Trinajstić information content (AvgIpc) is 0.810. The lowest BCUT2D eigenvalue weighted by atomic mass is 9.60. The first kappa shape index (κ1) is 97.4. The number of unbranched alkanes of at least 4 members (excludes halogenated alkanes) is 54. The van der Waals surface area contributed by atoms with Crippen molar-refractivity contribution in [3.05, 3.63) is 0 Å². The van der Waals surface area contributed by atoms with Gasteiger partial charge in [0.05, 0.1) is 38.6 Å². The van der Waals surface area contributed by atoms with Crippen molar-refractivity contribution in [1.82, 2.24) is 0 Å². The molecule has 0 spiro atoms. The lowest BCUT2D eigenvalue weighted by Gasteiger charge is -2.46. The summed E-state index contributed by atoms with van der Waals surface area (Å²) in [5.74, 6) is 3.84. The highest BCUT2D eigenvalue weighted by Crippen LogP contribution is 2.58. The summed E-state index contributed by atoms with van der Waals surface area (Å²) < 4.78 is 38.5. The molecular formula is C89H174O8P2S2. The molecule has 2 unspecified atom stereocenters. The van der Waals surface area contributed by atoms with E-state index < -0.39 is 15.2 Å². The van der Waals surface area contributed by atoms with Crippen LogP contribution in [-0.2, 0) is 37.2 Å². The van der Waals surface area contributed by atoms with Gasteiger partial charge >= 0.3 is 11.9 Å². The van der Waals surface area contributed by atoms with Gasteiger partial charge in [-0.2, -0.15) is 0 Å². The summed E-state index contributed by atoms with van der Waals surface area (Å²) in [5.41, 5.74) is 0.332. The standard InChI is InChI=1S/C89H174O8P2S2/c1-7-11-15-19-23-27-37-45-53-61-77-92-87(90)67-59-51-43-35-31-33-41-49-57-65-81-100-98(94-79-63-55-47-39-29-25-21-17-13-9-3)96-85-73-69-83(70-74-85)89(5,6)84-71-75-86(76-72-84)97-99(95-80-64-56-48-40-30-26-22-18-14-10-4)101-82-66-58-50-42-34-32-36-44-52-60-68-88(91)93-78-62-54-46-38-28-24-20-16-12-8-2/h83-86H,7-82H2,1-6H3. The van der Waals surface area contributed by atoms with E-state index in [9.17, 15) is 9.59 Å². The molecule has 600 valence electrons. The molecule has 0 aliphatic heterocycles. The maximum absolute atomic E-state index is 12.3. The zero-order valence-electron chi connectivity index (χ0n) is 68.5. The Balaban J connectivity index is 1.70. The Hall–Kier alpha value is 0.340. The van der Waals surface area contributed by atoms with E-state index in [1.54, 1.807) is 0 Å². The van der Waals surface area contributed by atoms with Crippen molar-refractivity contribution >= 4 is 49.9 Å². The molecule has 2 aliphatic carbocycles. The Morgan fingerprint density at radius 1 is 0.277 bits per heavy atom. The van der Waals surface area contributed by atoms with Crippen LogP contribution in [0.3, 0.4) is 0 Å². The Morgan fingerprint density at radius 2 is 0.485 bits per heavy atom. The van der Waals surface area contributed by atoms with Crippen LogP contribution in [-0.4, -0.2) is 62.1 Å². The molecule has 0 saturated heterocycles. The summed E-state index contributed by atoms with van der Waals surface area (Å²) in [6, 6.07) is 0. The lowest BCUT2D eigenvalue weighted by Crippen LogP contribution is -2.38. The molecule has 0 radical (unpaired) electrons. The smallest absolute Gasteiger partial charge is 0.305 e. The van der Waals surface area contributed by atoms with E-state index in [4.69, 9.17) is 27.6 Å². The SMILES string of the molecule is CCCCCCCCCCCCOC(=O)CCCCCCCCCCCCSP(OCCCCCCCCCCCC)OC1CCC(C(C)(C)C2CCC(OP(OCCCCCCCCCCCC)SCCCCCCCCCCCCC(=O)OCCCCCCCCCCCC)CC2)CC1. The van der Waals surface area contributed by atoms with Crippen LogP contribution in [0.15, 0.2) is 0 Å². The van der Waals surface area contributed by atoms with Crippen molar-refractivity contribution in [2.24, 2.45) is 17.3 Å². The molecule has 0 aromatic heterocycles. The number of esters is 2. The lowest BCUT2D eigenvalue weighted by molar-refractivity contribution is -0.144. The zero-order chi connectivity index (χ0) is 72.5. The fraction of sp³-hybridized carbons (Fsp3) is 0.978. The highest BCUT2D eigenvalue weighted by Gasteiger charge is 2.42. The van der Waals surface area contributed by atoms with E-state index >= 15 is 0 Å². The average molecular weight is 1500 g/mol. The van der Waals surface area contributed by atoms with Gasteiger partial charge in [-0.25, -0.2) is 0 Å². The molecule has 8 nitrogen and oxygen atoms in total. The molecule has 2 saturated carbocycles. The van der Waals surface area contributed by atoms with E-state index in [0.717, 1.165) is 87.9 Å². The van der Waals surface area contributed by atoms with E-state index in [2.05, 4.69) is 41.5 Å². The van der Waals surface area contributed by atoms with Gasteiger partial charge in [-0.05, 0) is 120 Å². The molecule has 2 aliphatic rings. The van der Waals surface area contributed by atoms with Gasteiger partial charge < -0.3 is 27.6 Å². The van der Waals surface area contributed by atoms with Crippen LogP contribution in [0.1, 0.15) is 491 Å². The van der Waals surface area contributed by atoms with Crippen LogP contribution in [0.25, 0.3) is 0 Å². The second-order valence-electron chi connectivity index (χ2n) is 32.5. The number of carbonyl (C=O) groups is 2. The van der Waals surface area contributed by atoms with Crippen LogP contribution >= 0.6 is 37.9 Å². The largest absolute Gasteiger partial charge is 0.466 e. The first-order valence-corrected chi connectivity index (χ1v) is 51.0. The Labute approximate surface area is 641 Å². The van der Waals surface area contributed by atoms with Crippen molar-refractivity contribution in [1.29, 1.82) is 0 Å². The molecule has 0 aromatic rings. The molecular weight excluding hydrogens is 1320 g/mol. The fourth-order valence-electron chi connectivity index (χ4n) is 15.6. The normalized spacial score (nSPS) is 17.2. The van der Waals surface area contributed by atoms with Crippen molar-refractivity contribution < 1.29 is 37.2 Å². The highest BCUT2D eigenvalue weighted by atomic mass is 32.7. The Bertz CT molecular complexity index is 1580. The molecule has 2 fully saturated rings. The third-order valence-corrected chi connectivity index (χ3v) is 29.4. The molecule has 0 bridgehead atoms. The maximum Gasteiger partial charge on any atom is 0.305 e. The third-order valence-electron chi connectivity index (χ3n) is 22.8. The van der Waals surface area contributed by atoms with Crippen molar-refractivity contribution in [2.75, 3.05) is 37.9 Å². The number of carbonyl (C=O) groups excluding carboxylic acids is 2. The van der Waals surface area contributed by atoms with Gasteiger partial charge in [-0.1, -0.05) is 398 Å². The predicted octanol–water partition coefficient (Wildman–Crippen LogP) is 32.5. The van der Waals surface area contributed by atoms with E-state index in [1.165, 1.54) is 385 Å². The topological polar surface area (TPSA) is 89.5 Å². The van der Waals surface area contributed by atoms with Gasteiger partial charge in [0.25, 0.3) is 0 Å². The second-order valence-corrected chi connectivity index (χ2v) is 39.0. The maximum atomic E-state index is 12.3. The number of hydrogen-bond donors (Lipinski definition) is 0. The van der Waals surface area contributed by atoms with Crippen LogP contribution in [0.4, 0.5) is 0 Å². The quantitative estimate of drug-likeness (QED) is 0.0333. The zero-order valence-corrected chi connectivity index (χ0v) is 71.9. The Morgan fingerprint density at radius 3 is 0.733 bits per heavy atom. The van der Waals surface area contributed by atoms with Gasteiger partial charge in [0.15, 0.2) is 0 Å². The predicted molar refractivity (Wildman–Crippen MR) is 449 cm³/mol. The fourth-order valence-corrected chi connectivity index (χ4v) is 22.1. The van der Waals surface area contributed by atoms with Gasteiger partial charge in [0.1, 0.15) is 0 Å². The van der Waals surface area contributed by atoms with Crippen LogP contribution in [0, 0.1) is 17.3 Å². The van der Waals surface area contributed by atoms with Crippen molar-refractivity contribution in [3.63, 3.8) is 0 Å². The van der Waals surface area contributed by atoms with Crippen LogP contribution in [0.5, 0.6) is 0 Å². The monoisotopic (exact) mass is 1500 g/mol. The highest BCUT2D eigenvalue weighted by molar-refractivity contribution is 8.53. The third kappa shape index (κ3) is 62.8. The van der Waals surface area contributed by atoms with Gasteiger partial charge in [-0.3, -0.25) is 9.59 Å². The van der Waals surface area contributed by atoms with Crippen LogP contribution < -0.4 is 0 Å². The number of rotatable bonds is 80. The first-order chi connectivity index (χ1) is 49.7. The van der Waals surface area contributed by atoms with E-state index in [0.29, 0.717) is 43.7 Å². The summed E-state index contributed by atoms with van der Waals surface area (Å²) in [7, 11) is -1.83. The summed E-state index contributed by atoms with van der Waals surface area (Å²) in [6.07, 6.45) is 90.0. The summed E-state index contributed by atoms with van der Waals surface area (Å²) in [6.45, 7) is 17.3. The summed E-state index contributed by atoms with van der Waals surface area (Å²) in [5, 5.41) is 0. The minimum Gasteiger partial charge on any atom is -0.466 e. The summed E-state index contributed by atoms with van der Waals surface area (Å²) >= 11 is 4.01. The molecule has 0 aromatic carbocycles.